The minimum atomic E-state index is -3.82. The van der Waals surface area contributed by atoms with Gasteiger partial charge in [-0.05, 0) is 46.8 Å². The Morgan fingerprint density at radius 3 is 2.55 bits per heavy atom. The molecule has 0 aromatic heterocycles. The maximum Gasteiger partial charge on any atom is 0.246 e. The average Bonchev–Trinajstić information content (AvgIpc) is 2.42. The number of halogens is 2. The maximum absolute atomic E-state index is 14.1. The molecular formula is C13H18BrFN2O2S. The fraction of sp³-hybridized carbons (Fsp3) is 0.538. The van der Waals surface area contributed by atoms with Crippen molar-refractivity contribution in [2.45, 2.75) is 31.1 Å². The fourth-order valence-corrected chi connectivity index (χ4v) is 4.67. The Bertz CT molecular complexity index is 599. The number of benzene rings is 1. The van der Waals surface area contributed by atoms with Gasteiger partial charge in [-0.1, -0.05) is 13.3 Å². The molecule has 0 amide bonds. The Hall–Kier alpha value is -0.660. The summed E-state index contributed by atoms with van der Waals surface area (Å²) in [4.78, 5) is -0.348. The molecule has 20 heavy (non-hydrogen) atoms. The van der Waals surface area contributed by atoms with Crippen molar-refractivity contribution in [3.05, 3.63) is 22.4 Å². The van der Waals surface area contributed by atoms with Crippen LogP contribution in [0.15, 0.2) is 21.5 Å². The largest absolute Gasteiger partial charge is 0.399 e. The monoisotopic (exact) mass is 364 g/mol. The highest BCUT2D eigenvalue weighted by molar-refractivity contribution is 9.10. The van der Waals surface area contributed by atoms with Crippen LogP contribution < -0.4 is 5.73 Å². The van der Waals surface area contributed by atoms with Crippen molar-refractivity contribution in [1.29, 1.82) is 0 Å². The molecule has 1 aliphatic heterocycles. The van der Waals surface area contributed by atoms with Crippen LogP contribution in [-0.4, -0.2) is 25.8 Å². The first-order chi connectivity index (χ1) is 9.36. The summed E-state index contributed by atoms with van der Waals surface area (Å²) in [6.45, 7) is 2.98. The van der Waals surface area contributed by atoms with Gasteiger partial charge in [0.2, 0.25) is 10.0 Å². The zero-order chi connectivity index (χ0) is 14.9. The highest BCUT2D eigenvalue weighted by Crippen LogP contribution is 2.30. The number of rotatable bonds is 3. The second-order valence-corrected chi connectivity index (χ2v) is 7.83. The number of piperidine rings is 1. The molecule has 1 aromatic carbocycles. The minimum Gasteiger partial charge on any atom is -0.399 e. The van der Waals surface area contributed by atoms with Gasteiger partial charge < -0.3 is 5.73 Å². The molecule has 0 bridgehead atoms. The van der Waals surface area contributed by atoms with Crippen LogP contribution in [0.3, 0.4) is 0 Å². The maximum atomic E-state index is 14.1. The summed E-state index contributed by atoms with van der Waals surface area (Å²) in [5.74, 6) is -0.226. The molecule has 7 heteroatoms. The number of nitrogens with two attached hydrogens (primary N) is 1. The van der Waals surface area contributed by atoms with Crippen LogP contribution in [0.4, 0.5) is 10.1 Å². The third-order valence-corrected chi connectivity index (χ3v) is 6.26. The second-order valence-electron chi connectivity index (χ2n) is 5.07. The molecule has 112 valence electrons. The SMILES string of the molecule is CCC1CCN(S(=O)(=O)c2cc(N)cc(Br)c2F)CC1. The summed E-state index contributed by atoms with van der Waals surface area (Å²) in [5, 5.41) is 0. The first kappa shape index (κ1) is 15.7. The lowest BCUT2D eigenvalue weighted by Crippen LogP contribution is -2.38. The van der Waals surface area contributed by atoms with E-state index in [4.69, 9.17) is 5.73 Å². The van der Waals surface area contributed by atoms with Gasteiger partial charge in [0.1, 0.15) is 4.90 Å². The van der Waals surface area contributed by atoms with Crippen molar-refractivity contribution in [3.8, 4) is 0 Å². The van der Waals surface area contributed by atoms with E-state index in [9.17, 15) is 12.8 Å². The van der Waals surface area contributed by atoms with Crippen molar-refractivity contribution in [2.24, 2.45) is 5.92 Å². The topological polar surface area (TPSA) is 63.4 Å². The Labute approximate surface area is 127 Å². The molecule has 2 N–H and O–H groups in total. The van der Waals surface area contributed by atoms with Crippen LogP contribution in [0.5, 0.6) is 0 Å². The van der Waals surface area contributed by atoms with E-state index >= 15 is 0 Å². The van der Waals surface area contributed by atoms with Crippen LogP contribution in [0.25, 0.3) is 0 Å². The number of nitrogen functional groups attached to an aromatic ring is 1. The van der Waals surface area contributed by atoms with E-state index < -0.39 is 15.8 Å². The number of anilines is 1. The lowest BCUT2D eigenvalue weighted by Gasteiger charge is -2.30. The van der Waals surface area contributed by atoms with Gasteiger partial charge in [-0.25, -0.2) is 12.8 Å². The van der Waals surface area contributed by atoms with E-state index in [2.05, 4.69) is 22.9 Å². The lowest BCUT2D eigenvalue weighted by molar-refractivity contribution is 0.268. The van der Waals surface area contributed by atoms with E-state index in [0.717, 1.165) is 19.3 Å². The number of nitrogens with zero attached hydrogens (tertiary/aromatic N) is 1. The van der Waals surface area contributed by atoms with Crippen LogP contribution in [-0.2, 0) is 10.0 Å². The van der Waals surface area contributed by atoms with Gasteiger partial charge >= 0.3 is 0 Å². The number of hydrogen-bond acceptors (Lipinski definition) is 3. The minimum absolute atomic E-state index is 0.0690. The molecule has 1 saturated heterocycles. The molecule has 4 nitrogen and oxygen atoms in total. The van der Waals surface area contributed by atoms with Gasteiger partial charge in [-0.15, -0.1) is 0 Å². The molecule has 1 aromatic rings. The zero-order valence-corrected chi connectivity index (χ0v) is 13.7. The molecule has 0 unspecified atom stereocenters. The molecule has 1 aliphatic rings. The molecule has 1 fully saturated rings. The fourth-order valence-electron chi connectivity index (χ4n) is 2.47. The zero-order valence-electron chi connectivity index (χ0n) is 11.3. The van der Waals surface area contributed by atoms with E-state index in [1.165, 1.54) is 16.4 Å². The smallest absolute Gasteiger partial charge is 0.246 e. The molecule has 0 aliphatic carbocycles. The second kappa shape index (κ2) is 5.99. The summed E-state index contributed by atoms with van der Waals surface area (Å²) < 4.78 is 40.5. The van der Waals surface area contributed by atoms with Crippen molar-refractivity contribution >= 4 is 31.6 Å². The Morgan fingerprint density at radius 1 is 1.40 bits per heavy atom. The summed E-state index contributed by atoms with van der Waals surface area (Å²) in [6.07, 6.45) is 2.69. The first-order valence-electron chi connectivity index (χ1n) is 6.61. The van der Waals surface area contributed by atoms with Crippen LogP contribution >= 0.6 is 15.9 Å². The van der Waals surface area contributed by atoms with Crippen molar-refractivity contribution in [3.63, 3.8) is 0 Å². The van der Waals surface area contributed by atoms with Crippen molar-refractivity contribution in [2.75, 3.05) is 18.8 Å². The van der Waals surface area contributed by atoms with Crippen molar-refractivity contribution < 1.29 is 12.8 Å². The molecule has 0 saturated carbocycles. The molecule has 0 atom stereocenters. The molecule has 0 spiro atoms. The van der Waals surface area contributed by atoms with Gasteiger partial charge in [-0.2, -0.15) is 4.31 Å². The highest BCUT2D eigenvalue weighted by Gasteiger charge is 2.31. The highest BCUT2D eigenvalue weighted by atomic mass is 79.9. The van der Waals surface area contributed by atoms with Crippen LogP contribution in [0.1, 0.15) is 26.2 Å². The molecular weight excluding hydrogens is 347 g/mol. The Morgan fingerprint density at radius 2 is 2.00 bits per heavy atom. The standard InChI is InChI=1S/C13H18BrFN2O2S/c1-2-9-3-5-17(6-4-9)20(18,19)12-8-10(16)7-11(14)13(12)15/h7-9H,2-6,16H2,1H3. The van der Waals surface area contributed by atoms with Gasteiger partial charge in [0.05, 0.1) is 4.47 Å². The third-order valence-electron chi connectivity index (χ3n) is 3.79. The summed E-state index contributed by atoms with van der Waals surface area (Å²) in [6, 6.07) is 2.54. The predicted octanol–water partition coefficient (Wildman–Crippen LogP) is 2.98. The Balaban J connectivity index is 2.32. The Kier molecular flexibility index (Phi) is 4.71. The lowest BCUT2D eigenvalue weighted by atomic mass is 9.96. The molecule has 1 heterocycles. The first-order valence-corrected chi connectivity index (χ1v) is 8.84. The van der Waals surface area contributed by atoms with Gasteiger partial charge in [0, 0.05) is 18.8 Å². The van der Waals surface area contributed by atoms with Crippen molar-refractivity contribution in [1.82, 2.24) is 4.31 Å². The molecule has 2 rings (SSSR count). The number of hydrogen-bond donors (Lipinski definition) is 1. The molecule has 0 radical (unpaired) electrons. The summed E-state index contributed by atoms with van der Waals surface area (Å²) >= 11 is 3.00. The normalized spacial score (nSPS) is 18.4. The summed E-state index contributed by atoms with van der Waals surface area (Å²) in [7, 11) is -3.82. The van der Waals surface area contributed by atoms with Gasteiger partial charge in [0.25, 0.3) is 0 Å². The van der Waals surface area contributed by atoms with E-state index in [0.29, 0.717) is 19.0 Å². The predicted molar refractivity (Wildman–Crippen MR) is 80.3 cm³/mol. The van der Waals surface area contributed by atoms with Gasteiger partial charge in [0.15, 0.2) is 5.82 Å². The van der Waals surface area contributed by atoms with Crippen LogP contribution in [0.2, 0.25) is 0 Å². The van der Waals surface area contributed by atoms with Gasteiger partial charge in [-0.3, -0.25) is 0 Å². The van der Waals surface area contributed by atoms with E-state index in [1.807, 2.05) is 0 Å². The average molecular weight is 365 g/mol. The third kappa shape index (κ3) is 2.99. The van der Waals surface area contributed by atoms with Crippen LogP contribution in [0, 0.1) is 11.7 Å². The number of sulfonamides is 1. The quantitative estimate of drug-likeness (QED) is 0.838. The summed E-state index contributed by atoms with van der Waals surface area (Å²) in [5.41, 5.74) is 5.84. The van der Waals surface area contributed by atoms with E-state index in [1.54, 1.807) is 0 Å². The van der Waals surface area contributed by atoms with E-state index in [-0.39, 0.29) is 15.1 Å².